The molecule has 0 bridgehead atoms. The predicted octanol–water partition coefficient (Wildman–Crippen LogP) is 2.93. The lowest BCUT2D eigenvalue weighted by Crippen LogP contribution is -2.26. The average molecular weight is 274 g/mol. The first-order chi connectivity index (χ1) is 8.16. The molecule has 1 aliphatic rings. The fraction of sp³-hybridized carbons (Fsp3) is 0.417. The van der Waals surface area contributed by atoms with Crippen LogP contribution in [0.5, 0.6) is 0 Å². The summed E-state index contributed by atoms with van der Waals surface area (Å²) in [4.78, 5) is 11.9. The van der Waals surface area contributed by atoms with Crippen molar-refractivity contribution in [2.75, 3.05) is 17.3 Å². The number of hydrogen-bond donors (Lipinski definition) is 0. The van der Waals surface area contributed by atoms with Gasteiger partial charge in [0, 0.05) is 29.7 Å². The largest absolute Gasteiger partial charge is 0.298 e. The van der Waals surface area contributed by atoms with Crippen LogP contribution in [-0.2, 0) is 11.2 Å². The Kier molecular flexibility index (Phi) is 4.45. The summed E-state index contributed by atoms with van der Waals surface area (Å²) in [5, 5.41) is -0.0433. The van der Waals surface area contributed by atoms with Gasteiger partial charge in [-0.3, -0.25) is 4.79 Å². The molecule has 1 fully saturated rings. The number of ketones is 1. The number of halogens is 2. The Bertz CT molecular complexity index is 417. The van der Waals surface area contributed by atoms with Crippen LogP contribution in [0.15, 0.2) is 18.2 Å². The van der Waals surface area contributed by atoms with Gasteiger partial charge in [-0.25, -0.2) is 8.78 Å². The summed E-state index contributed by atoms with van der Waals surface area (Å²) in [6.07, 6.45) is 0.0599. The first-order valence-electron chi connectivity index (χ1n) is 5.33. The maximum absolute atomic E-state index is 13.4. The van der Waals surface area contributed by atoms with Crippen molar-refractivity contribution in [2.45, 2.75) is 11.7 Å². The van der Waals surface area contributed by atoms with Gasteiger partial charge in [0.05, 0.1) is 5.25 Å². The zero-order valence-electron chi connectivity index (χ0n) is 9.12. The number of thioether (sulfide) groups is 2. The van der Waals surface area contributed by atoms with E-state index in [1.807, 2.05) is 0 Å². The topological polar surface area (TPSA) is 17.1 Å². The maximum atomic E-state index is 13.4. The Balaban J connectivity index is 2.02. The average Bonchev–Trinajstić information content (AvgIpc) is 2.34. The standard InChI is InChI=1S/C12H12F2OS2/c13-9-2-1-8(10(14)6-9)5-11(15)12-7-16-3-4-17-12/h1-2,6,12H,3-5,7H2. The SMILES string of the molecule is O=C(Cc1ccc(F)cc1F)C1CSCCS1. The smallest absolute Gasteiger partial charge is 0.151 e. The van der Waals surface area contributed by atoms with E-state index in [-0.39, 0.29) is 23.0 Å². The molecule has 1 heterocycles. The quantitative estimate of drug-likeness (QED) is 0.843. The second kappa shape index (κ2) is 5.87. The van der Waals surface area contributed by atoms with Crippen molar-refractivity contribution in [1.29, 1.82) is 0 Å². The lowest BCUT2D eigenvalue weighted by molar-refractivity contribution is -0.117. The van der Waals surface area contributed by atoms with Gasteiger partial charge < -0.3 is 0 Å². The van der Waals surface area contributed by atoms with E-state index >= 15 is 0 Å². The molecule has 1 nitrogen and oxygen atoms in total. The molecule has 1 atom stereocenters. The summed E-state index contributed by atoms with van der Waals surface area (Å²) in [5.74, 6) is 1.62. The molecule has 17 heavy (non-hydrogen) atoms. The van der Waals surface area contributed by atoms with E-state index in [2.05, 4.69) is 0 Å². The molecule has 0 aliphatic carbocycles. The van der Waals surface area contributed by atoms with Gasteiger partial charge in [-0.15, -0.1) is 11.8 Å². The monoisotopic (exact) mass is 274 g/mol. The molecule has 2 rings (SSSR count). The molecule has 1 aromatic carbocycles. The van der Waals surface area contributed by atoms with Crippen molar-refractivity contribution < 1.29 is 13.6 Å². The van der Waals surface area contributed by atoms with E-state index in [1.54, 1.807) is 23.5 Å². The molecule has 0 spiro atoms. The van der Waals surface area contributed by atoms with Crippen molar-refractivity contribution in [3.05, 3.63) is 35.4 Å². The third-order valence-corrected chi connectivity index (χ3v) is 5.36. The van der Waals surface area contributed by atoms with Crippen LogP contribution in [-0.4, -0.2) is 28.3 Å². The van der Waals surface area contributed by atoms with E-state index in [0.717, 1.165) is 23.3 Å². The van der Waals surface area contributed by atoms with Crippen molar-refractivity contribution in [3.8, 4) is 0 Å². The van der Waals surface area contributed by atoms with Crippen LogP contribution in [0.25, 0.3) is 0 Å². The lowest BCUT2D eigenvalue weighted by atomic mass is 10.1. The van der Waals surface area contributed by atoms with Crippen LogP contribution in [0, 0.1) is 11.6 Å². The Morgan fingerprint density at radius 3 is 2.82 bits per heavy atom. The molecule has 0 saturated carbocycles. The lowest BCUT2D eigenvalue weighted by Gasteiger charge is -2.19. The molecular formula is C12H12F2OS2. The molecule has 92 valence electrons. The first-order valence-corrected chi connectivity index (χ1v) is 7.53. The fourth-order valence-electron chi connectivity index (χ4n) is 1.64. The highest BCUT2D eigenvalue weighted by atomic mass is 32.2. The summed E-state index contributed by atoms with van der Waals surface area (Å²) in [6.45, 7) is 0. The van der Waals surface area contributed by atoms with Gasteiger partial charge in [0.25, 0.3) is 0 Å². The maximum Gasteiger partial charge on any atom is 0.151 e. The molecule has 5 heteroatoms. The highest BCUT2D eigenvalue weighted by molar-refractivity contribution is 8.07. The molecule has 1 unspecified atom stereocenters. The van der Waals surface area contributed by atoms with Crippen molar-refractivity contribution >= 4 is 29.3 Å². The summed E-state index contributed by atoms with van der Waals surface area (Å²) >= 11 is 3.39. The molecular weight excluding hydrogens is 262 g/mol. The van der Waals surface area contributed by atoms with E-state index in [0.29, 0.717) is 0 Å². The summed E-state index contributed by atoms with van der Waals surface area (Å²) < 4.78 is 26.1. The minimum atomic E-state index is -0.633. The Morgan fingerprint density at radius 2 is 2.18 bits per heavy atom. The fourth-order valence-corrected chi connectivity index (χ4v) is 4.29. The third-order valence-electron chi connectivity index (χ3n) is 2.55. The number of hydrogen-bond acceptors (Lipinski definition) is 3. The van der Waals surface area contributed by atoms with Crippen LogP contribution in [0.2, 0.25) is 0 Å². The molecule has 0 N–H and O–H groups in total. The second-order valence-electron chi connectivity index (χ2n) is 3.81. The van der Waals surface area contributed by atoms with Gasteiger partial charge in [0.1, 0.15) is 11.6 Å². The zero-order valence-corrected chi connectivity index (χ0v) is 10.8. The van der Waals surface area contributed by atoms with Crippen LogP contribution >= 0.6 is 23.5 Å². The highest BCUT2D eigenvalue weighted by Gasteiger charge is 2.22. The minimum Gasteiger partial charge on any atom is -0.298 e. The zero-order chi connectivity index (χ0) is 12.3. The molecule has 0 radical (unpaired) electrons. The molecule has 1 aliphatic heterocycles. The third kappa shape index (κ3) is 3.45. The molecule has 0 amide bonds. The van der Waals surface area contributed by atoms with Gasteiger partial charge in [-0.1, -0.05) is 6.07 Å². The van der Waals surface area contributed by atoms with E-state index < -0.39 is 11.6 Å². The molecule has 1 saturated heterocycles. The number of carbonyl (C=O) groups excluding carboxylic acids is 1. The molecule has 0 aromatic heterocycles. The van der Waals surface area contributed by atoms with E-state index in [1.165, 1.54) is 12.1 Å². The van der Waals surface area contributed by atoms with Crippen LogP contribution in [0.1, 0.15) is 5.56 Å². The van der Waals surface area contributed by atoms with Crippen LogP contribution < -0.4 is 0 Å². The van der Waals surface area contributed by atoms with Crippen molar-refractivity contribution in [3.63, 3.8) is 0 Å². The van der Waals surface area contributed by atoms with E-state index in [9.17, 15) is 13.6 Å². The Hall–Kier alpha value is -0.550. The summed E-state index contributed by atoms with van der Waals surface area (Å²) in [7, 11) is 0. The van der Waals surface area contributed by atoms with Gasteiger partial charge in [-0.2, -0.15) is 11.8 Å². The number of benzene rings is 1. The second-order valence-corrected chi connectivity index (χ2v) is 6.27. The Labute approximate surface area is 107 Å². The van der Waals surface area contributed by atoms with Gasteiger partial charge in [-0.05, 0) is 11.6 Å². The van der Waals surface area contributed by atoms with Crippen molar-refractivity contribution in [1.82, 2.24) is 0 Å². The Morgan fingerprint density at radius 1 is 1.35 bits per heavy atom. The number of Topliss-reactive ketones (excluding diaryl/α,β-unsaturated/α-hetero) is 1. The van der Waals surface area contributed by atoms with Crippen LogP contribution in [0.3, 0.4) is 0 Å². The normalized spacial score (nSPS) is 20.2. The van der Waals surface area contributed by atoms with Gasteiger partial charge in [0.2, 0.25) is 0 Å². The number of carbonyl (C=O) groups is 1. The summed E-state index contributed by atoms with van der Waals surface area (Å²) in [5.41, 5.74) is 0.285. The van der Waals surface area contributed by atoms with Crippen molar-refractivity contribution in [2.24, 2.45) is 0 Å². The first kappa shape index (κ1) is 12.9. The highest BCUT2D eigenvalue weighted by Crippen LogP contribution is 2.26. The van der Waals surface area contributed by atoms with Gasteiger partial charge in [0.15, 0.2) is 5.78 Å². The molecule has 1 aromatic rings. The number of rotatable bonds is 3. The predicted molar refractivity (Wildman–Crippen MR) is 68.6 cm³/mol. The van der Waals surface area contributed by atoms with E-state index in [4.69, 9.17) is 0 Å². The van der Waals surface area contributed by atoms with Gasteiger partial charge >= 0.3 is 0 Å². The summed E-state index contributed by atoms with van der Waals surface area (Å²) in [6, 6.07) is 3.36. The van der Waals surface area contributed by atoms with Crippen LogP contribution in [0.4, 0.5) is 8.78 Å². The minimum absolute atomic E-state index is 0.0349.